The molecule has 0 spiro atoms. The van der Waals surface area contributed by atoms with Crippen molar-refractivity contribution in [3.63, 3.8) is 0 Å². The van der Waals surface area contributed by atoms with Crippen molar-refractivity contribution in [2.75, 3.05) is 6.61 Å². The van der Waals surface area contributed by atoms with Crippen molar-refractivity contribution in [3.8, 4) is 0 Å². The monoisotopic (exact) mass is 505 g/mol. The van der Waals surface area contributed by atoms with Crippen molar-refractivity contribution in [1.82, 2.24) is 15.0 Å². The number of aromatic nitrogens is 3. The minimum Gasteiger partial charge on any atom is -0.396 e. The molecule has 0 bridgehead atoms. The van der Waals surface area contributed by atoms with Gasteiger partial charge in [-0.25, -0.2) is 9.97 Å². The van der Waals surface area contributed by atoms with E-state index >= 15 is 0 Å². The maximum Gasteiger partial charge on any atom is 0.433 e. The maximum atomic E-state index is 13.2. The van der Waals surface area contributed by atoms with Crippen LogP contribution in [-0.2, 0) is 10.9 Å². The van der Waals surface area contributed by atoms with E-state index in [1.54, 1.807) is 24.4 Å². The van der Waals surface area contributed by atoms with Crippen LogP contribution in [0.15, 0.2) is 52.1 Å². The summed E-state index contributed by atoms with van der Waals surface area (Å²) in [4.78, 5) is 17.1. The van der Waals surface area contributed by atoms with E-state index in [-0.39, 0.29) is 17.6 Å². The summed E-state index contributed by atoms with van der Waals surface area (Å²) in [5.74, 6) is 0. The van der Waals surface area contributed by atoms with E-state index in [0.29, 0.717) is 28.9 Å². The van der Waals surface area contributed by atoms with Crippen LogP contribution in [0.25, 0.3) is 22.3 Å². The van der Waals surface area contributed by atoms with Gasteiger partial charge in [-0.15, -0.1) is 0 Å². The predicted octanol–water partition coefficient (Wildman–Crippen LogP) is 5.23. The highest BCUT2D eigenvalue weighted by Crippen LogP contribution is 2.29. The van der Waals surface area contributed by atoms with Crippen LogP contribution in [0, 0.1) is 0 Å². The van der Waals surface area contributed by atoms with Crippen molar-refractivity contribution >= 4 is 44.4 Å². The standard InChI is InChI=1S/C22H19BrF3N5O/c23-13-10-18-16(28-11-13)8-7-15(30-18)14(12-29-20-6-1-2-9-32-20)21(27)17-4-3-5-19(31-17)22(24,25)26/h3-5,7-8,10-12,20H,1-2,6,9,27H2/b21-14+,29-12+. The number of ether oxygens (including phenoxy) is 1. The molecular formula is C22H19BrF3N5O. The summed E-state index contributed by atoms with van der Waals surface area (Å²) in [6.45, 7) is 0.611. The minimum absolute atomic E-state index is 0.0138. The molecule has 1 fully saturated rings. The summed E-state index contributed by atoms with van der Waals surface area (Å²) in [6.07, 6.45) is 0.958. The molecule has 1 aliphatic heterocycles. The Balaban J connectivity index is 1.82. The number of rotatable bonds is 4. The molecule has 0 amide bonds. The molecule has 0 aromatic carbocycles. The molecule has 32 heavy (non-hydrogen) atoms. The maximum absolute atomic E-state index is 13.2. The Labute approximate surface area is 190 Å². The zero-order valence-corrected chi connectivity index (χ0v) is 18.4. The molecule has 3 aromatic rings. The average molecular weight is 506 g/mol. The number of allylic oxidation sites excluding steroid dienone is 1. The van der Waals surface area contributed by atoms with Crippen molar-refractivity contribution in [3.05, 3.63) is 64.1 Å². The summed E-state index contributed by atoms with van der Waals surface area (Å²) in [5.41, 5.74) is 7.38. The zero-order valence-electron chi connectivity index (χ0n) is 16.8. The van der Waals surface area contributed by atoms with E-state index < -0.39 is 11.9 Å². The van der Waals surface area contributed by atoms with Crippen LogP contribution >= 0.6 is 15.9 Å². The quantitative estimate of drug-likeness (QED) is 0.490. The molecule has 0 radical (unpaired) electrons. The van der Waals surface area contributed by atoms with Crippen molar-refractivity contribution in [2.45, 2.75) is 31.7 Å². The van der Waals surface area contributed by atoms with Gasteiger partial charge >= 0.3 is 6.18 Å². The fourth-order valence-electron chi connectivity index (χ4n) is 3.29. The van der Waals surface area contributed by atoms with E-state index in [2.05, 4.69) is 35.9 Å². The highest BCUT2D eigenvalue weighted by atomic mass is 79.9. The van der Waals surface area contributed by atoms with Crippen molar-refractivity contribution in [1.29, 1.82) is 0 Å². The fourth-order valence-corrected chi connectivity index (χ4v) is 3.60. The SMILES string of the molecule is N/C(=C(\C=N\C1CCCCO1)c1ccc2ncc(Br)cc2n1)c1cccc(C(F)(F)F)n1. The lowest BCUT2D eigenvalue weighted by molar-refractivity contribution is -0.141. The number of nitrogens with zero attached hydrogens (tertiary/aromatic N) is 4. The summed E-state index contributed by atoms with van der Waals surface area (Å²) in [6, 6.07) is 8.86. The molecular weight excluding hydrogens is 487 g/mol. The highest BCUT2D eigenvalue weighted by molar-refractivity contribution is 9.10. The van der Waals surface area contributed by atoms with Crippen LogP contribution in [0.4, 0.5) is 13.2 Å². The number of halogens is 4. The number of nitrogens with two attached hydrogens (primary N) is 1. The number of alkyl halides is 3. The van der Waals surface area contributed by atoms with Crippen LogP contribution in [0.3, 0.4) is 0 Å². The molecule has 4 heterocycles. The summed E-state index contributed by atoms with van der Waals surface area (Å²) in [7, 11) is 0. The largest absolute Gasteiger partial charge is 0.433 e. The van der Waals surface area contributed by atoms with Crippen LogP contribution in [0.5, 0.6) is 0 Å². The van der Waals surface area contributed by atoms with Gasteiger partial charge in [-0.05, 0) is 65.5 Å². The number of fused-ring (bicyclic) bond motifs is 1. The molecule has 1 aliphatic rings. The lowest BCUT2D eigenvalue weighted by Crippen LogP contribution is -2.17. The van der Waals surface area contributed by atoms with E-state index in [4.69, 9.17) is 10.5 Å². The molecule has 166 valence electrons. The Morgan fingerprint density at radius 3 is 2.72 bits per heavy atom. The summed E-state index contributed by atoms with van der Waals surface area (Å²) >= 11 is 3.37. The van der Waals surface area contributed by atoms with Gasteiger partial charge in [-0.3, -0.25) is 9.98 Å². The second-order valence-corrected chi connectivity index (χ2v) is 8.14. The third-order valence-corrected chi connectivity index (χ3v) is 5.34. The van der Waals surface area contributed by atoms with Gasteiger partial charge in [-0.2, -0.15) is 13.2 Å². The second-order valence-electron chi connectivity index (χ2n) is 7.22. The van der Waals surface area contributed by atoms with Gasteiger partial charge < -0.3 is 10.5 Å². The Hall–Kier alpha value is -2.85. The van der Waals surface area contributed by atoms with Crippen molar-refractivity contribution < 1.29 is 17.9 Å². The first-order chi connectivity index (χ1) is 15.3. The normalized spacial score (nSPS) is 18.2. The third-order valence-electron chi connectivity index (χ3n) is 4.91. The van der Waals surface area contributed by atoms with E-state index in [9.17, 15) is 13.2 Å². The summed E-state index contributed by atoms with van der Waals surface area (Å²) < 4.78 is 45.9. The first-order valence-corrected chi connectivity index (χ1v) is 10.7. The van der Waals surface area contributed by atoms with Gasteiger partial charge in [0.1, 0.15) is 11.9 Å². The second kappa shape index (κ2) is 9.33. The molecule has 6 nitrogen and oxygen atoms in total. The highest BCUT2D eigenvalue weighted by Gasteiger charge is 2.32. The molecule has 2 N–H and O–H groups in total. The lowest BCUT2D eigenvalue weighted by Gasteiger charge is -2.19. The molecule has 0 aliphatic carbocycles. The van der Waals surface area contributed by atoms with E-state index in [1.165, 1.54) is 18.3 Å². The van der Waals surface area contributed by atoms with Gasteiger partial charge in [0.15, 0.2) is 0 Å². The van der Waals surface area contributed by atoms with Gasteiger partial charge in [0.2, 0.25) is 0 Å². The lowest BCUT2D eigenvalue weighted by atomic mass is 10.1. The molecule has 10 heteroatoms. The molecule has 1 saturated heterocycles. The van der Waals surface area contributed by atoms with Gasteiger partial charge in [0, 0.05) is 29.1 Å². The van der Waals surface area contributed by atoms with Gasteiger partial charge in [-0.1, -0.05) is 6.07 Å². The Morgan fingerprint density at radius 2 is 1.97 bits per heavy atom. The molecule has 4 rings (SSSR count). The Kier molecular flexibility index (Phi) is 6.52. The van der Waals surface area contributed by atoms with Crippen molar-refractivity contribution in [2.24, 2.45) is 10.7 Å². The van der Waals surface area contributed by atoms with E-state index in [1.807, 2.05) is 0 Å². The number of hydrogen-bond acceptors (Lipinski definition) is 6. The van der Waals surface area contributed by atoms with Crippen LogP contribution < -0.4 is 5.73 Å². The van der Waals surface area contributed by atoms with Gasteiger partial charge in [0.05, 0.1) is 28.1 Å². The van der Waals surface area contributed by atoms with Crippen LogP contribution in [-0.4, -0.2) is 34.0 Å². The first kappa shape index (κ1) is 22.3. The van der Waals surface area contributed by atoms with Crippen LogP contribution in [0.2, 0.25) is 0 Å². The summed E-state index contributed by atoms with van der Waals surface area (Å²) in [5, 5.41) is 0. The third kappa shape index (κ3) is 5.13. The molecule has 3 aromatic heterocycles. The topological polar surface area (TPSA) is 86.3 Å². The average Bonchev–Trinajstić information content (AvgIpc) is 2.79. The zero-order chi connectivity index (χ0) is 22.7. The fraction of sp³-hybridized carbons (Fsp3) is 0.273. The van der Waals surface area contributed by atoms with Gasteiger partial charge in [0.25, 0.3) is 0 Å². The smallest absolute Gasteiger partial charge is 0.396 e. The minimum atomic E-state index is -4.58. The number of aliphatic imine (C=N–C) groups is 1. The Bertz CT molecular complexity index is 1190. The Morgan fingerprint density at radius 1 is 1.12 bits per heavy atom. The van der Waals surface area contributed by atoms with Crippen LogP contribution in [0.1, 0.15) is 36.3 Å². The molecule has 1 atom stereocenters. The van der Waals surface area contributed by atoms with E-state index in [0.717, 1.165) is 29.8 Å². The molecule has 1 unspecified atom stereocenters. The first-order valence-electron chi connectivity index (χ1n) is 9.93. The molecule has 0 saturated carbocycles. The predicted molar refractivity (Wildman–Crippen MR) is 120 cm³/mol. The number of hydrogen-bond donors (Lipinski definition) is 1. The number of pyridine rings is 3.